The fourth-order valence-electron chi connectivity index (χ4n) is 1.86. The average molecular weight is 312 g/mol. The number of nitrogens with one attached hydrogen (secondary N) is 1. The third-order valence-electron chi connectivity index (χ3n) is 2.86. The standard InChI is InChI=1S/C14H14F2N2O2S/c15-14(16)21(19,20)13-7-2-1-6-12(13)18-9-10-4-3-5-11(17)8-10/h1-8,14,18H,9,17H2. The quantitative estimate of drug-likeness (QED) is 0.833. The van der Waals surface area contributed by atoms with E-state index < -0.39 is 20.5 Å². The molecule has 0 saturated heterocycles. The Balaban J connectivity index is 2.26. The maximum Gasteiger partial charge on any atom is 0.341 e. The fourth-order valence-corrected chi connectivity index (χ4v) is 2.76. The molecule has 0 heterocycles. The Bertz CT molecular complexity index is 733. The van der Waals surface area contributed by atoms with Crippen LogP contribution in [0.4, 0.5) is 20.2 Å². The van der Waals surface area contributed by atoms with E-state index in [1.807, 2.05) is 0 Å². The number of alkyl halides is 2. The number of rotatable bonds is 5. The first-order valence-corrected chi connectivity index (χ1v) is 7.65. The predicted octanol–water partition coefficient (Wildman–Crippen LogP) is 2.88. The molecule has 0 aromatic heterocycles. The van der Waals surface area contributed by atoms with E-state index in [2.05, 4.69) is 5.32 Å². The van der Waals surface area contributed by atoms with Gasteiger partial charge in [-0.25, -0.2) is 8.42 Å². The highest BCUT2D eigenvalue weighted by Gasteiger charge is 2.28. The molecule has 0 amide bonds. The zero-order chi connectivity index (χ0) is 15.5. The van der Waals surface area contributed by atoms with Crippen LogP contribution in [0.1, 0.15) is 5.56 Å². The molecular weight excluding hydrogens is 298 g/mol. The number of hydrogen-bond donors (Lipinski definition) is 2. The number of benzene rings is 2. The van der Waals surface area contributed by atoms with E-state index >= 15 is 0 Å². The normalized spacial score (nSPS) is 11.6. The van der Waals surface area contributed by atoms with Crippen molar-refractivity contribution >= 4 is 21.2 Å². The predicted molar refractivity (Wildman–Crippen MR) is 77.8 cm³/mol. The van der Waals surface area contributed by atoms with Gasteiger partial charge in [0.05, 0.1) is 10.6 Å². The Morgan fingerprint density at radius 3 is 2.48 bits per heavy atom. The molecule has 2 aromatic rings. The van der Waals surface area contributed by atoms with Crippen molar-refractivity contribution in [3.63, 3.8) is 0 Å². The van der Waals surface area contributed by atoms with E-state index in [9.17, 15) is 17.2 Å². The van der Waals surface area contributed by atoms with Crippen LogP contribution in [0, 0.1) is 0 Å². The number of para-hydroxylation sites is 1. The minimum absolute atomic E-state index is 0.139. The van der Waals surface area contributed by atoms with Crippen molar-refractivity contribution in [3.8, 4) is 0 Å². The molecule has 3 N–H and O–H groups in total. The first-order chi connectivity index (χ1) is 9.91. The summed E-state index contributed by atoms with van der Waals surface area (Å²) in [5.41, 5.74) is 7.17. The van der Waals surface area contributed by atoms with Crippen LogP contribution in [-0.2, 0) is 16.4 Å². The molecule has 0 bridgehead atoms. The van der Waals surface area contributed by atoms with Crippen LogP contribution < -0.4 is 11.1 Å². The summed E-state index contributed by atoms with van der Waals surface area (Å²) in [5.74, 6) is -3.45. The Hall–Kier alpha value is -2.15. The lowest BCUT2D eigenvalue weighted by atomic mass is 10.2. The number of sulfone groups is 1. The Morgan fingerprint density at radius 2 is 1.81 bits per heavy atom. The van der Waals surface area contributed by atoms with Crippen molar-refractivity contribution in [1.82, 2.24) is 0 Å². The molecular formula is C14H14F2N2O2S. The average Bonchev–Trinajstić information content (AvgIpc) is 2.45. The van der Waals surface area contributed by atoms with Crippen LogP contribution in [0.15, 0.2) is 53.4 Å². The first-order valence-electron chi connectivity index (χ1n) is 6.10. The third-order valence-corrected chi connectivity index (χ3v) is 4.30. The van der Waals surface area contributed by atoms with Crippen LogP contribution in [-0.4, -0.2) is 14.2 Å². The van der Waals surface area contributed by atoms with E-state index in [1.165, 1.54) is 12.1 Å². The first kappa shape index (κ1) is 15.2. The molecule has 0 saturated carbocycles. The summed E-state index contributed by atoms with van der Waals surface area (Å²) in [5, 5.41) is 2.85. The monoisotopic (exact) mass is 312 g/mol. The summed E-state index contributed by atoms with van der Waals surface area (Å²) in [7, 11) is -4.64. The number of anilines is 2. The van der Waals surface area contributed by atoms with E-state index in [4.69, 9.17) is 5.73 Å². The maximum absolute atomic E-state index is 12.7. The summed E-state index contributed by atoms with van der Waals surface area (Å²) in [4.78, 5) is -0.413. The Kier molecular flexibility index (Phi) is 4.42. The van der Waals surface area contributed by atoms with Crippen LogP contribution in [0.3, 0.4) is 0 Å². The van der Waals surface area contributed by atoms with Crippen LogP contribution in [0.2, 0.25) is 0 Å². The van der Waals surface area contributed by atoms with Crippen molar-refractivity contribution in [3.05, 3.63) is 54.1 Å². The van der Waals surface area contributed by atoms with Gasteiger partial charge in [-0.05, 0) is 29.8 Å². The van der Waals surface area contributed by atoms with Gasteiger partial charge < -0.3 is 11.1 Å². The number of halogens is 2. The highest BCUT2D eigenvalue weighted by Crippen LogP contribution is 2.26. The largest absolute Gasteiger partial charge is 0.399 e. The molecule has 0 unspecified atom stereocenters. The molecule has 0 radical (unpaired) electrons. The molecule has 4 nitrogen and oxygen atoms in total. The topological polar surface area (TPSA) is 72.2 Å². The number of nitrogens with two attached hydrogens (primary N) is 1. The van der Waals surface area contributed by atoms with Gasteiger partial charge in [-0.15, -0.1) is 0 Å². The summed E-state index contributed by atoms with van der Waals surface area (Å²) in [6.07, 6.45) is 0. The second-order valence-electron chi connectivity index (χ2n) is 4.40. The van der Waals surface area contributed by atoms with Gasteiger partial charge in [-0.3, -0.25) is 0 Å². The Morgan fingerprint density at radius 1 is 1.10 bits per heavy atom. The molecule has 0 aliphatic carbocycles. The maximum atomic E-state index is 12.7. The van der Waals surface area contributed by atoms with Gasteiger partial charge in [0.1, 0.15) is 0 Å². The van der Waals surface area contributed by atoms with Crippen molar-refractivity contribution < 1.29 is 17.2 Å². The molecule has 7 heteroatoms. The molecule has 21 heavy (non-hydrogen) atoms. The van der Waals surface area contributed by atoms with Gasteiger partial charge in [0.15, 0.2) is 0 Å². The smallest absolute Gasteiger partial charge is 0.341 e. The molecule has 0 aliphatic rings. The molecule has 0 spiro atoms. The lowest BCUT2D eigenvalue weighted by Gasteiger charge is -2.12. The number of nitrogen functional groups attached to an aromatic ring is 1. The van der Waals surface area contributed by atoms with E-state index in [0.29, 0.717) is 5.69 Å². The van der Waals surface area contributed by atoms with E-state index in [1.54, 1.807) is 30.3 Å². The molecule has 0 fully saturated rings. The molecule has 0 aliphatic heterocycles. The summed E-state index contributed by atoms with van der Waals surface area (Å²) >= 11 is 0. The van der Waals surface area contributed by atoms with Gasteiger partial charge in [0.25, 0.3) is 0 Å². The second kappa shape index (κ2) is 6.09. The van der Waals surface area contributed by atoms with Crippen LogP contribution >= 0.6 is 0 Å². The highest BCUT2D eigenvalue weighted by molar-refractivity contribution is 7.91. The van der Waals surface area contributed by atoms with Gasteiger partial charge in [0.2, 0.25) is 9.84 Å². The van der Waals surface area contributed by atoms with Crippen molar-refractivity contribution in [1.29, 1.82) is 0 Å². The van der Waals surface area contributed by atoms with Gasteiger partial charge in [0, 0.05) is 12.2 Å². The van der Waals surface area contributed by atoms with E-state index in [-0.39, 0.29) is 12.2 Å². The van der Waals surface area contributed by atoms with Gasteiger partial charge >= 0.3 is 5.76 Å². The van der Waals surface area contributed by atoms with Crippen molar-refractivity contribution in [2.75, 3.05) is 11.1 Å². The zero-order valence-electron chi connectivity index (χ0n) is 11.0. The molecule has 2 rings (SSSR count). The van der Waals surface area contributed by atoms with Crippen LogP contribution in [0.5, 0.6) is 0 Å². The highest BCUT2D eigenvalue weighted by atomic mass is 32.2. The van der Waals surface area contributed by atoms with Gasteiger partial charge in [-0.2, -0.15) is 8.78 Å². The fraction of sp³-hybridized carbons (Fsp3) is 0.143. The van der Waals surface area contributed by atoms with Crippen molar-refractivity contribution in [2.45, 2.75) is 17.2 Å². The zero-order valence-corrected chi connectivity index (χ0v) is 11.8. The van der Waals surface area contributed by atoms with Crippen molar-refractivity contribution in [2.24, 2.45) is 0 Å². The lowest BCUT2D eigenvalue weighted by Crippen LogP contribution is -2.14. The summed E-state index contributed by atoms with van der Waals surface area (Å²) < 4.78 is 48.5. The SMILES string of the molecule is Nc1cccc(CNc2ccccc2S(=O)(=O)C(F)F)c1. The Labute approximate surface area is 121 Å². The van der Waals surface area contributed by atoms with Crippen LogP contribution in [0.25, 0.3) is 0 Å². The lowest BCUT2D eigenvalue weighted by molar-refractivity contribution is 0.235. The summed E-state index contributed by atoms with van der Waals surface area (Å²) in [6, 6.07) is 12.6. The summed E-state index contributed by atoms with van der Waals surface area (Å²) in [6.45, 7) is 0.279. The second-order valence-corrected chi connectivity index (χ2v) is 6.29. The molecule has 112 valence electrons. The van der Waals surface area contributed by atoms with E-state index in [0.717, 1.165) is 11.6 Å². The minimum Gasteiger partial charge on any atom is -0.399 e. The third kappa shape index (κ3) is 3.49. The number of hydrogen-bond acceptors (Lipinski definition) is 4. The minimum atomic E-state index is -4.64. The molecule has 2 aromatic carbocycles. The van der Waals surface area contributed by atoms with Gasteiger partial charge in [-0.1, -0.05) is 24.3 Å². The molecule has 0 atom stereocenters.